The van der Waals surface area contributed by atoms with Crippen LogP contribution in [0.25, 0.3) is 0 Å². The van der Waals surface area contributed by atoms with E-state index in [2.05, 4.69) is 21.2 Å². The minimum Gasteiger partial charge on any atom is -0.496 e. The highest BCUT2D eigenvalue weighted by Crippen LogP contribution is 2.41. The summed E-state index contributed by atoms with van der Waals surface area (Å²) in [6.07, 6.45) is -1.23. The molecule has 13 heteroatoms. The predicted octanol–water partition coefficient (Wildman–Crippen LogP) is 4.93. The third-order valence-corrected chi connectivity index (χ3v) is 11.7. The van der Waals surface area contributed by atoms with Crippen LogP contribution in [-0.4, -0.2) is 45.4 Å². The SMILES string of the molecule is COC(=O)[C@@H](NC(=O)[C@H](N)c1ccc(OC)c(Br)c1)[C@H](O[Si](C)(C)C(C)(C)C)c1ccc(F)c([N+](=O)[O-])c1. The van der Waals surface area contributed by atoms with Gasteiger partial charge in [0, 0.05) is 6.07 Å². The molecule has 0 spiro atoms. The number of hydrogen-bond donors (Lipinski definition) is 2. The van der Waals surface area contributed by atoms with Gasteiger partial charge < -0.3 is 25.0 Å². The van der Waals surface area contributed by atoms with Crippen LogP contribution in [0.1, 0.15) is 44.0 Å². The van der Waals surface area contributed by atoms with Crippen molar-refractivity contribution in [1.82, 2.24) is 5.32 Å². The number of halogens is 2. The van der Waals surface area contributed by atoms with E-state index in [4.69, 9.17) is 19.6 Å². The summed E-state index contributed by atoms with van der Waals surface area (Å²) >= 11 is 3.35. The van der Waals surface area contributed by atoms with Crippen molar-refractivity contribution in [1.29, 1.82) is 0 Å². The third-order valence-electron chi connectivity index (χ3n) is 6.60. The predicted molar refractivity (Wildman–Crippen MR) is 146 cm³/mol. The summed E-state index contributed by atoms with van der Waals surface area (Å²) in [6.45, 7) is 9.72. The second kappa shape index (κ2) is 12.3. The fourth-order valence-corrected chi connectivity index (χ4v) is 5.14. The van der Waals surface area contributed by atoms with Gasteiger partial charge in [-0.15, -0.1) is 0 Å². The first-order valence-corrected chi connectivity index (χ1v) is 15.3. The van der Waals surface area contributed by atoms with Crippen molar-refractivity contribution >= 4 is 41.8 Å². The number of nitro benzene ring substituents is 1. The van der Waals surface area contributed by atoms with E-state index >= 15 is 0 Å². The quantitative estimate of drug-likeness (QED) is 0.166. The molecule has 0 radical (unpaired) electrons. The van der Waals surface area contributed by atoms with Crippen LogP contribution in [0.4, 0.5) is 10.1 Å². The lowest BCUT2D eigenvalue weighted by molar-refractivity contribution is -0.387. The maximum atomic E-state index is 14.2. The number of amides is 1. The largest absolute Gasteiger partial charge is 0.496 e. The van der Waals surface area contributed by atoms with Gasteiger partial charge in [0.2, 0.25) is 11.7 Å². The molecule has 3 N–H and O–H groups in total. The molecular formula is C25H33BrFN3O7Si. The van der Waals surface area contributed by atoms with E-state index in [1.807, 2.05) is 33.9 Å². The van der Waals surface area contributed by atoms with Gasteiger partial charge in [0.05, 0.1) is 23.6 Å². The highest BCUT2D eigenvalue weighted by atomic mass is 79.9. The molecule has 0 saturated heterocycles. The lowest BCUT2D eigenvalue weighted by Crippen LogP contribution is -2.52. The number of nitrogens with zero attached hydrogens (tertiary/aromatic N) is 1. The van der Waals surface area contributed by atoms with Crippen LogP contribution < -0.4 is 15.8 Å². The van der Waals surface area contributed by atoms with E-state index in [0.717, 1.165) is 19.2 Å². The van der Waals surface area contributed by atoms with Gasteiger partial charge in [-0.2, -0.15) is 4.39 Å². The Morgan fingerprint density at radius 3 is 2.24 bits per heavy atom. The van der Waals surface area contributed by atoms with E-state index in [1.165, 1.54) is 13.2 Å². The number of nitrogens with one attached hydrogen (secondary N) is 1. The smallest absolute Gasteiger partial charge is 0.331 e. The van der Waals surface area contributed by atoms with Crippen molar-refractivity contribution in [3.8, 4) is 5.75 Å². The van der Waals surface area contributed by atoms with Gasteiger partial charge in [0.1, 0.15) is 17.9 Å². The van der Waals surface area contributed by atoms with E-state index < -0.39 is 54.8 Å². The summed E-state index contributed by atoms with van der Waals surface area (Å²) in [4.78, 5) is 36.8. The molecule has 10 nitrogen and oxygen atoms in total. The standard InChI is InChI=1S/C25H33BrFN3O7Si/c1-25(2,3)38(6,7)37-22(15-8-10-17(27)18(13-15)30(33)34)21(24(32)36-5)29-23(31)20(28)14-9-11-19(35-4)16(26)12-14/h8-13,20-22H,28H2,1-7H3,(H,29,31)/t20-,21+,22-/m1/s1. The zero-order valence-electron chi connectivity index (χ0n) is 22.3. The topological polar surface area (TPSA) is 143 Å². The Hall–Kier alpha value is -2.87. The molecule has 0 aliphatic rings. The number of hydrogen-bond acceptors (Lipinski definition) is 8. The first-order valence-electron chi connectivity index (χ1n) is 11.6. The van der Waals surface area contributed by atoms with E-state index in [9.17, 15) is 24.1 Å². The van der Waals surface area contributed by atoms with Gasteiger partial charge in [0.15, 0.2) is 14.4 Å². The Morgan fingerprint density at radius 1 is 1.13 bits per heavy atom. The Bertz CT molecular complexity index is 1210. The third kappa shape index (κ3) is 7.16. The first kappa shape index (κ1) is 31.3. The van der Waals surface area contributed by atoms with Crippen molar-refractivity contribution in [3.63, 3.8) is 0 Å². The number of nitrogens with two attached hydrogens (primary N) is 1. The molecule has 0 aliphatic carbocycles. The Balaban J connectivity index is 2.57. The molecule has 0 aromatic heterocycles. The number of benzene rings is 2. The average Bonchev–Trinajstić information content (AvgIpc) is 2.84. The fraction of sp³-hybridized carbons (Fsp3) is 0.440. The van der Waals surface area contributed by atoms with Crippen LogP contribution in [0, 0.1) is 15.9 Å². The fourth-order valence-electron chi connectivity index (χ4n) is 3.32. The lowest BCUT2D eigenvalue weighted by Gasteiger charge is -2.41. The van der Waals surface area contributed by atoms with Gasteiger partial charge in [-0.05, 0) is 63.4 Å². The minimum atomic E-state index is -2.66. The second-order valence-electron chi connectivity index (χ2n) is 10.1. The van der Waals surface area contributed by atoms with Crippen molar-refractivity contribution in [2.75, 3.05) is 14.2 Å². The van der Waals surface area contributed by atoms with Gasteiger partial charge in [0.25, 0.3) is 0 Å². The van der Waals surface area contributed by atoms with E-state index in [0.29, 0.717) is 15.8 Å². The van der Waals surface area contributed by atoms with E-state index in [1.54, 1.807) is 18.2 Å². The van der Waals surface area contributed by atoms with Crippen molar-refractivity contribution in [2.24, 2.45) is 5.73 Å². The zero-order valence-corrected chi connectivity index (χ0v) is 24.9. The molecule has 3 atom stereocenters. The lowest BCUT2D eigenvalue weighted by atomic mass is 10.00. The average molecular weight is 615 g/mol. The summed E-state index contributed by atoms with van der Waals surface area (Å²) in [7, 11) is -0.0314. The molecular weight excluding hydrogens is 581 g/mol. The van der Waals surface area contributed by atoms with E-state index in [-0.39, 0.29) is 10.6 Å². The molecule has 0 heterocycles. The van der Waals surface area contributed by atoms with Gasteiger partial charge in [-0.1, -0.05) is 32.9 Å². The summed E-state index contributed by atoms with van der Waals surface area (Å²) in [5.74, 6) is -2.10. The minimum absolute atomic E-state index is 0.124. The highest BCUT2D eigenvalue weighted by molar-refractivity contribution is 9.10. The van der Waals surface area contributed by atoms with Crippen molar-refractivity contribution in [3.05, 3.63) is 67.9 Å². The maximum absolute atomic E-state index is 14.2. The molecule has 38 heavy (non-hydrogen) atoms. The van der Waals surface area contributed by atoms with Crippen LogP contribution >= 0.6 is 15.9 Å². The van der Waals surface area contributed by atoms with Crippen molar-refractivity contribution < 1.29 is 32.8 Å². The number of nitro groups is 1. The molecule has 2 aromatic rings. The Kier molecular flexibility index (Phi) is 10.2. The number of carbonyl (C=O) groups excluding carboxylic acids is 2. The molecule has 0 saturated carbocycles. The molecule has 2 aromatic carbocycles. The summed E-state index contributed by atoms with van der Waals surface area (Å²) in [5, 5.41) is 13.7. The summed E-state index contributed by atoms with van der Waals surface area (Å²) < 4.78 is 31.4. The van der Waals surface area contributed by atoms with Crippen LogP contribution in [0.5, 0.6) is 5.75 Å². The van der Waals surface area contributed by atoms with Crippen LogP contribution in [0.15, 0.2) is 40.9 Å². The summed E-state index contributed by atoms with van der Waals surface area (Å²) in [6, 6.07) is 5.41. The van der Waals surface area contributed by atoms with Crippen LogP contribution in [0.3, 0.4) is 0 Å². The summed E-state index contributed by atoms with van der Waals surface area (Å²) in [5.41, 5.74) is 5.97. The Labute approximate surface area is 230 Å². The highest BCUT2D eigenvalue weighted by Gasteiger charge is 2.44. The Morgan fingerprint density at radius 2 is 1.74 bits per heavy atom. The maximum Gasteiger partial charge on any atom is 0.331 e. The molecule has 0 fully saturated rings. The number of esters is 1. The monoisotopic (exact) mass is 613 g/mol. The zero-order chi connectivity index (χ0) is 29.0. The van der Waals surface area contributed by atoms with Crippen LogP contribution in [0.2, 0.25) is 18.1 Å². The van der Waals surface area contributed by atoms with Gasteiger partial charge in [-0.3, -0.25) is 14.9 Å². The second-order valence-corrected chi connectivity index (χ2v) is 15.8. The van der Waals surface area contributed by atoms with Crippen molar-refractivity contribution in [2.45, 2.75) is 57.1 Å². The number of carbonyl (C=O) groups is 2. The first-order chi connectivity index (χ1) is 17.5. The molecule has 0 bridgehead atoms. The molecule has 0 aliphatic heterocycles. The van der Waals surface area contributed by atoms with Crippen LogP contribution in [-0.2, 0) is 18.8 Å². The number of methoxy groups -OCH3 is 2. The molecule has 2 rings (SSSR count). The number of rotatable bonds is 10. The van der Waals surface area contributed by atoms with Gasteiger partial charge >= 0.3 is 11.7 Å². The number of ether oxygens (including phenoxy) is 2. The van der Waals surface area contributed by atoms with Gasteiger partial charge in [-0.25, -0.2) is 4.79 Å². The normalized spacial score (nSPS) is 14.3. The molecule has 1 amide bonds. The molecule has 208 valence electrons. The molecule has 0 unspecified atom stereocenters.